The molecule has 1 amide bonds. The highest BCUT2D eigenvalue weighted by Crippen LogP contribution is 2.19. The number of carbonyl (C=O) groups excluding carboxylic acids is 1. The maximum atomic E-state index is 11.4. The minimum atomic E-state index is -0.588. The van der Waals surface area contributed by atoms with Gasteiger partial charge >= 0.3 is 0 Å². The van der Waals surface area contributed by atoms with Crippen molar-refractivity contribution in [1.29, 1.82) is 0 Å². The van der Waals surface area contributed by atoms with Gasteiger partial charge in [0.05, 0.1) is 19.3 Å². The van der Waals surface area contributed by atoms with E-state index in [4.69, 9.17) is 15.2 Å². The summed E-state index contributed by atoms with van der Waals surface area (Å²) < 4.78 is 10.5. The fourth-order valence-electron chi connectivity index (χ4n) is 2.02. The first-order valence-electron chi connectivity index (χ1n) is 6.38. The number of ether oxygens (including phenoxy) is 2. The molecule has 0 radical (unpaired) electrons. The van der Waals surface area contributed by atoms with E-state index in [0.29, 0.717) is 19.3 Å². The molecular formula is C12H25ClN2O3. The fourth-order valence-corrected chi connectivity index (χ4v) is 2.02. The summed E-state index contributed by atoms with van der Waals surface area (Å²) in [5.74, 6) is -0.181. The van der Waals surface area contributed by atoms with E-state index in [1.165, 1.54) is 26.4 Å². The number of carbonyl (C=O) groups is 1. The van der Waals surface area contributed by atoms with Gasteiger partial charge in [0.1, 0.15) is 6.04 Å². The molecule has 1 unspecified atom stereocenters. The molecule has 0 bridgehead atoms. The number of methoxy groups -OCH3 is 1. The Kier molecular flexibility index (Phi) is 10.3. The lowest BCUT2D eigenvalue weighted by Gasteiger charge is -2.22. The van der Waals surface area contributed by atoms with Gasteiger partial charge in [0.25, 0.3) is 0 Å². The van der Waals surface area contributed by atoms with Crippen molar-refractivity contribution in [2.75, 3.05) is 26.9 Å². The van der Waals surface area contributed by atoms with Gasteiger partial charge in [-0.15, -0.1) is 12.4 Å². The summed E-state index contributed by atoms with van der Waals surface area (Å²) in [6.45, 7) is 1.33. The Morgan fingerprint density at radius 2 is 2.06 bits per heavy atom. The first kappa shape index (κ1) is 17.6. The van der Waals surface area contributed by atoms with Crippen LogP contribution in [0.25, 0.3) is 0 Å². The zero-order chi connectivity index (χ0) is 12.5. The largest absolute Gasteiger partial charge is 0.383 e. The Morgan fingerprint density at radius 1 is 1.39 bits per heavy atom. The predicted octanol–water partition coefficient (Wildman–Crippen LogP) is 0.847. The average molecular weight is 281 g/mol. The van der Waals surface area contributed by atoms with Crippen LogP contribution in [0, 0.1) is 0 Å². The van der Waals surface area contributed by atoms with Crippen LogP contribution in [0.3, 0.4) is 0 Å². The number of hydrogen-bond donors (Lipinski definition) is 2. The standard InChI is InChI=1S/C12H24N2O3.ClH/c1-16-9-11(13)12(15)14-7-8-17-10-5-3-2-4-6-10;/h10-11H,2-9,13H2,1H3,(H,14,15);1H. The topological polar surface area (TPSA) is 73.6 Å². The summed E-state index contributed by atoms with van der Waals surface area (Å²) in [5, 5.41) is 2.74. The van der Waals surface area contributed by atoms with Crippen LogP contribution in [0.5, 0.6) is 0 Å². The highest BCUT2D eigenvalue weighted by Gasteiger charge is 2.14. The number of hydrogen-bond acceptors (Lipinski definition) is 4. The van der Waals surface area contributed by atoms with Gasteiger partial charge in [-0.05, 0) is 12.8 Å². The van der Waals surface area contributed by atoms with E-state index in [-0.39, 0.29) is 24.9 Å². The molecule has 0 aromatic rings. The van der Waals surface area contributed by atoms with Crippen molar-refractivity contribution in [3.8, 4) is 0 Å². The van der Waals surface area contributed by atoms with Gasteiger partial charge in [0.15, 0.2) is 0 Å². The van der Waals surface area contributed by atoms with Gasteiger partial charge in [0.2, 0.25) is 5.91 Å². The van der Waals surface area contributed by atoms with E-state index in [1.807, 2.05) is 0 Å². The van der Waals surface area contributed by atoms with E-state index in [0.717, 1.165) is 12.8 Å². The molecule has 0 heterocycles. The molecule has 0 aromatic heterocycles. The molecule has 0 spiro atoms. The van der Waals surface area contributed by atoms with E-state index >= 15 is 0 Å². The highest BCUT2D eigenvalue weighted by atomic mass is 35.5. The van der Waals surface area contributed by atoms with Gasteiger partial charge < -0.3 is 20.5 Å². The smallest absolute Gasteiger partial charge is 0.239 e. The third-order valence-corrected chi connectivity index (χ3v) is 2.99. The van der Waals surface area contributed by atoms with E-state index in [1.54, 1.807) is 0 Å². The summed E-state index contributed by atoms with van der Waals surface area (Å²) in [6.07, 6.45) is 6.52. The quantitative estimate of drug-likeness (QED) is 0.678. The van der Waals surface area contributed by atoms with Gasteiger partial charge in [-0.1, -0.05) is 19.3 Å². The van der Waals surface area contributed by atoms with E-state index < -0.39 is 6.04 Å². The van der Waals surface area contributed by atoms with Crippen molar-refractivity contribution in [2.24, 2.45) is 5.73 Å². The molecular weight excluding hydrogens is 256 g/mol. The van der Waals surface area contributed by atoms with Gasteiger partial charge in [0, 0.05) is 13.7 Å². The third-order valence-electron chi connectivity index (χ3n) is 2.99. The molecule has 6 heteroatoms. The molecule has 1 aliphatic carbocycles. The summed E-state index contributed by atoms with van der Waals surface area (Å²) in [5.41, 5.74) is 5.57. The number of nitrogens with two attached hydrogens (primary N) is 1. The van der Waals surface area contributed by atoms with E-state index in [2.05, 4.69) is 5.32 Å². The molecule has 0 aliphatic heterocycles. The maximum Gasteiger partial charge on any atom is 0.239 e. The Balaban J connectivity index is 0.00000289. The fraction of sp³-hybridized carbons (Fsp3) is 0.917. The Hall–Kier alpha value is -0.360. The molecule has 1 atom stereocenters. The van der Waals surface area contributed by atoms with Crippen LogP contribution in [-0.4, -0.2) is 44.9 Å². The van der Waals surface area contributed by atoms with Crippen LogP contribution < -0.4 is 11.1 Å². The van der Waals surface area contributed by atoms with Gasteiger partial charge in [-0.3, -0.25) is 4.79 Å². The zero-order valence-corrected chi connectivity index (χ0v) is 11.8. The molecule has 1 saturated carbocycles. The molecule has 0 saturated heterocycles. The molecule has 1 fully saturated rings. The second-order valence-corrected chi connectivity index (χ2v) is 4.48. The van der Waals surface area contributed by atoms with Crippen molar-refractivity contribution in [2.45, 2.75) is 44.2 Å². The van der Waals surface area contributed by atoms with Crippen molar-refractivity contribution in [3.05, 3.63) is 0 Å². The zero-order valence-electron chi connectivity index (χ0n) is 11.0. The first-order valence-corrected chi connectivity index (χ1v) is 6.38. The van der Waals surface area contributed by atoms with Crippen molar-refractivity contribution in [1.82, 2.24) is 5.32 Å². The van der Waals surface area contributed by atoms with Gasteiger partial charge in [-0.2, -0.15) is 0 Å². The highest BCUT2D eigenvalue weighted by molar-refractivity contribution is 5.85. The van der Waals surface area contributed by atoms with Crippen LogP contribution >= 0.6 is 12.4 Å². The summed E-state index contributed by atoms with van der Waals surface area (Å²) in [7, 11) is 1.53. The van der Waals surface area contributed by atoms with Crippen LogP contribution in [-0.2, 0) is 14.3 Å². The maximum absolute atomic E-state index is 11.4. The lowest BCUT2D eigenvalue weighted by atomic mass is 9.98. The minimum absolute atomic E-state index is 0. The second kappa shape index (κ2) is 10.6. The number of nitrogens with one attached hydrogen (secondary N) is 1. The van der Waals surface area contributed by atoms with Crippen LogP contribution in [0.2, 0.25) is 0 Å². The monoisotopic (exact) mass is 280 g/mol. The lowest BCUT2D eigenvalue weighted by Crippen LogP contribution is -2.44. The predicted molar refractivity (Wildman–Crippen MR) is 72.9 cm³/mol. The first-order chi connectivity index (χ1) is 8.24. The third kappa shape index (κ3) is 7.16. The molecule has 0 aromatic carbocycles. The molecule has 1 aliphatic rings. The van der Waals surface area contributed by atoms with Crippen LogP contribution in [0.4, 0.5) is 0 Å². The number of halogens is 1. The Morgan fingerprint density at radius 3 is 2.67 bits per heavy atom. The Bertz CT molecular complexity index is 223. The summed E-state index contributed by atoms with van der Waals surface area (Å²) in [6, 6.07) is -0.588. The number of rotatable bonds is 7. The molecule has 3 N–H and O–H groups in total. The lowest BCUT2D eigenvalue weighted by molar-refractivity contribution is -0.123. The van der Waals surface area contributed by atoms with Crippen molar-refractivity contribution >= 4 is 18.3 Å². The second-order valence-electron chi connectivity index (χ2n) is 4.48. The molecule has 108 valence electrons. The molecule has 5 nitrogen and oxygen atoms in total. The Labute approximate surface area is 115 Å². The van der Waals surface area contributed by atoms with Gasteiger partial charge in [-0.25, -0.2) is 0 Å². The van der Waals surface area contributed by atoms with Crippen molar-refractivity contribution < 1.29 is 14.3 Å². The summed E-state index contributed by atoms with van der Waals surface area (Å²) >= 11 is 0. The SMILES string of the molecule is COCC(N)C(=O)NCCOC1CCCCC1.Cl. The van der Waals surface area contributed by atoms with Crippen molar-refractivity contribution in [3.63, 3.8) is 0 Å². The molecule has 18 heavy (non-hydrogen) atoms. The summed E-state index contributed by atoms with van der Waals surface area (Å²) in [4.78, 5) is 11.4. The van der Waals surface area contributed by atoms with Crippen LogP contribution in [0.1, 0.15) is 32.1 Å². The van der Waals surface area contributed by atoms with E-state index in [9.17, 15) is 4.79 Å². The normalized spacial score (nSPS) is 17.9. The number of amides is 1. The average Bonchev–Trinajstić information content (AvgIpc) is 2.36. The van der Waals surface area contributed by atoms with Crippen LogP contribution in [0.15, 0.2) is 0 Å². The molecule has 1 rings (SSSR count). The minimum Gasteiger partial charge on any atom is -0.383 e.